The van der Waals surface area contributed by atoms with E-state index in [4.69, 9.17) is 11.6 Å². The molecule has 32 heavy (non-hydrogen) atoms. The van der Waals surface area contributed by atoms with Gasteiger partial charge in [-0.3, -0.25) is 4.79 Å². The molecule has 1 fully saturated rings. The van der Waals surface area contributed by atoms with Crippen LogP contribution in [0.15, 0.2) is 42.5 Å². The van der Waals surface area contributed by atoms with E-state index in [9.17, 15) is 9.59 Å². The molecule has 2 heterocycles. The molecule has 0 bridgehead atoms. The van der Waals surface area contributed by atoms with Crippen molar-refractivity contribution in [1.29, 1.82) is 0 Å². The lowest BCUT2D eigenvalue weighted by Crippen LogP contribution is -2.39. The van der Waals surface area contributed by atoms with Crippen LogP contribution in [-0.2, 0) is 12.8 Å². The van der Waals surface area contributed by atoms with Crippen molar-refractivity contribution in [2.75, 3.05) is 31.5 Å². The Morgan fingerprint density at radius 3 is 2.47 bits per heavy atom. The number of amides is 3. The third-order valence-electron chi connectivity index (χ3n) is 6.53. The predicted molar refractivity (Wildman–Crippen MR) is 128 cm³/mol. The van der Waals surface area contributed by atoms with E-state index in [-0.39, 0.29) is 11.9 Å². The number of H-pyrrole nitrogens is 1. The number of hydrogen-bond donors (Lipinski definition) is 2. The smallest absolute Gasteiger partial charge is 0.321 e. The number of aromatic nitrogens is 1. The number of benzene rings is 2. The number of aryl methyl sites for hydroxylation is 2. The minimum absolute atomic E-state index is 0.0363. The minimum Gasteiger partial charge on any atom is -0.358 e. The van der Waals surface area contributed by atoms with Crippen LogP contribution in [0, 0.1) is 0 Å². The molecule has 3 amide bonds. The zero-order valence-electron chi connectivity index (χ0n) is 18.0. The van der Waals surface area contributed by atoms with Gasteiger partial charge in [0.2, 0.25) is 0 Å². The molecule has 0 radical (unpaired) electrons. The zero-order valence-corrected chi connectivity index (χ0v) is 18.8. The molecule has 7 heteroatoms. The summed E-state index contributed by atoms with van der Waals surface area (Å²) < 4.78 is 0. The molecule has 2 aliphatic rings. The van der Waals surface area contributed by atoms with Crippen LogP contribution >= 0.6 is 11.6 Å². The number of nitrogens with one attached hydrogen (secondary N) is 2. The van der Waals surface area contributed by atoms with Gasteiger partial charge in [0.15, 0.2) is 0 Å². The number of carbonyl (C=O) groups excluding carboxylic acids is 2. The Balaban J connectivity index is 1.29. The standard InChI is InChI=1S/C25H27ClN4O2/c26-17-9-11-18(12-10-17)27-25(32)30-14-4-13-29(15-16-30)24(31)21-7-3-6-20-19-5-1-2-8-22(19)28-23(20)21/h3,6-7,9-12,28H,1-2,4-5,8,13-16H2,(H,27,32). The van der Waals surface area contributed by atoms with Gasteiger partial charge in [0.1, 0.15) is 0 Å². The highest BCUT2D eigenvalue weighted by Gasteiger charge is 2.25. The van der Waals surface area contributed by atoms with Gasteiger partial charge in [0.25, 0.3) is 5.91 Å². The summed E-state index contributed by atoms with van der Waals surface area (Å²) in [6.07, 6.45) is 5.28. The van der Waals surface area contributed by atoms with Crippen molar-refractivity contribution in [3.8, 4) is 0 Å². The van der Waals surface area contributed by atoms with E-state index in [0.29, 0.717) is 36.9 Å². The molecule has 1 aromatic heterocycles. The van der Waals surface area contributed by atoms with Crippen molar-refractivity contribution in [2.24, 2.45) is 0 Å². The molecule has 2 N–H and O–H groups in total. The van der Waals surface area contributed by atoms with Crippen molar-refractivity contribution in [1.82, 2.24) is 14.8 Å². The number of carbonyl (C=O) groups is 2. The van der Waals surface area contributed by atoms with Gasteiger partial charge >= 0.3 is 6.03 Å². The number of fused-ring (bicyclic) bond motifs is 3. The fourth-order valence-corrected chi connectivity index (χ4v) is 4.96. The molecule has 6 nitrogen and oxygen atoms in total. The Bertz CT molecular complexity index is 1150. The first-order valence-electron chi connectivity index (χ1n) is 11.3. The second-order valence-corrected chi connectivity index (χ2v) is 9.02. The SMILES string of the molecule is O=C(Nc1ccc(Cl)cc1)N1CCCN(C(=O)c2cccc3c4c([nH]c23)CCCC4)CC1. The van der Waals surface area contributed by atoms with E-state index in [1.165, 1.54) is 29.5 Å². The van der Waals surface area contributed by atoms with Gasteiger partial charge in [-0.1, -0.05) is 23.7 Å². The van der Waals surface area contributed by atoms with Gasteiger partial charge in [-0.05, 0) is 68.0 Å². The molecule has 0 spiro atoms. The Morgan fingerprint density at radius 1 is 0.875 bits per heavy atom. The summed E-state index contributed by atoms with van der Waals surface area (Å²) >= 11 is 5.92. The number of urea groups is 1. The fraction of sp³-hybridized carbons (Fsp3) is 0.360. The Kier molecular flexibility index (Phi) is 5.79. The van der Waals surface area contributed by atoms with Crippen LogP contribution < -0.4 is 5.32 Å². The molecular weight excluding hydrogens is 424 g/mol. The van der Waals surface area contributed by atoms with E-state index in [2.05, 4.69) is 16.4 Å². The van der Waals surface area contributed by atoms with Crippen LogP contribution in [0.1, 0.15) is 40.9 Å². The van der Waals surface area contributed by atoms with E-state index in [1.807, 2.05) is 17.0 Å². The van der Waals surface area contributed by atoms with Crippen molar-refractivity contribution < 1.29 is 9.59 Å². The lowest BCUT2D eigenvalue weighted by molar-refractivity contribution is 0.0764. The van der Waals surface area contributed by atoms with Gasteiger partial charge in [-0.15, -0.1) is 0 Å². The number of anilines is 1. The summed E-state index contributed by atoms with van der Waals surface area (Å²) in [7, 11) is 0. The Labute approximate surface area is 192 Å². The highest BCUT2D eigenvalue weighted by atomic mass is 35.5. The second-order valence-electron chi connectivity index (χ2n) is 8.59. The monoisotopic (exact) mass is 450 g/mol. The highest BCUT2D eigenvalue weighted by molar-refractivity contribution is 6.30. The lowest BCUT2D eigenvalue weighted by Gasteiger charge is -2.23. The molecule has 0 atom stereocenters. The number of rotatable bonds is 2. The summed E-state index contributed by atoms with van der Waals surface area (Å²) in [5, 5.41) is 4.73. The van der Waals surface area contributed by atoms with Gasteiger partial charge in [-0.25, -0.2) is 4.79 Å². The molecule has 3 aromatic rings. The second kappa shape index (κ2) is 8.87. The van der Waals surface area contributed by atoms with Gasteiger partial charge < -0.3 is 20.1 Å². The van der Waals surface area contributed by atoms with Crippen LogP contribution in [0.3, 0.4) is 0 Å². The largest absolute Gasteiger partial charge is 0.358 e. The molecule has 2 aromatic carbocycles. The first kappa shape index (κ1) is 20.9. The predicted octanol–water partition coefficient (Wildman–Crippen LogP) is 5.08. The summed E-state index contributed by atoms with van der Waals surface area (Å²) in [5.41, 5.74) is 5.06. The topological polar surface area (TPSA) is 68.4 Å². The average molecular weight is 451 g/mol. The van der Waals surface area contributed by atoms with E-state index in [0.717, 1.165) is 30.3 Å². The van der Waals surface area contributed by atoms with Crippen molar-refractivity contribution in [3.05, 3.63) is 64.3 Å². The van der Waals surface area contributed by atoms with Gasteiger partial charge in [0.05, 0.1) is 11.1 Å². The van der Waals surface area contributed by atoms with Crippen LogP contribution in [0.4, 0.5) is 10.5 Å². The summed E-state index contributed by atoms with van der Waals surface area (Å²) in [6.45, 7) is 2.27. The highest BCUT2D eigenvalue weighted by Crippen LogP contribution is 2.31. The third kappa shape index (κ3) is 4.07. The quantitative estimate of drug-likeness (QED) is 0.571. The molecule has 1 aliphatic heterocycles. The molecule has 166 valence electrons. The molecular formula is C25H27ClN4O2. The Hall–Kier alpha value is -2.99. The molecule has 0 unspecified atom stereocenters. The first-order chi connectivity index (χ1) is 15.6. The van der Waals surface area contributed by atoms with Crippen molar-refractivity contribution >= 4 is 40.1 Å². The molecule has 1 saturated heterocycles. The van der Waals surface area contributed by atoms with Crippen molar-refractivity contribution in [2.45, 2.75) is 32.1 Å². The Morgan fingerprint density at radius 2 is 1.62 bits per heavy atom. The average Bonchev–Trinajstić information content (AvgIpc) is 3.01. The zero-order chi connectivity index (χ0) is 22.1. The number of hydrogen-bond acceptors (Lipinski definition) is 2. The van der Waals surface area contributed by atoms with E-state index in [1.54, 1.807) is 29.2 Å². The number of halogens is 1. The van der Waals surface area contributed by atoms with Crippen LogP contribution in [-0.4, -0.2) is 52.9 Å². The summed E-state index contributed by atoms with van der Waals surface area (Å²) in [4.78, 5) is 33.4. The van der Waals surface area contributed by atoms with Crippen LogP contribution in [0.25, 0.3) is 10.9 Å². The maximum atomic E-state index is 13.5. The lowest BCUT2D eigenvalue weighted by atomic mass is 9.95. The summed E-state index contributed by atoms with van der Waals surface area (Å²) in [6, 6.07) is 12.9. The number of para-hydroxylation sites is 1. The minimum atomic E-state index is -0.152. The maximum absolute atomic E-state index is 13.5. The van der Waals surface area contributed by atoms with Gasteiger partial charge in [0, 0.05) is 48.0 Å². The third-order valence-corrected chi connectivity index (χ3v) is 6.78. The van der Waals surface area contributed by atoms with E-state index >= 15 is 0 Å². The fourth-order valence-electron chi connectivity index (χ4n) is 4.84. The van der Waals surface area contributed by atoms with Gasteiger partial charge in [-0.2, -0.15) is 0 Å². The first-order valence-corrected chi connectivity index (χ1v) is 11.7. The normalized spacial score (nSPS) is 16.5. The van der Waals surface area contributed by atoms with Crippen LogP contribution in [0.5, 0.6) is 0 Å². The van der Waals surface area contributed by atoms with Crippen LogP contribution in [0.2, 0.25) is 5.02 Å². The molecule has 0 saturated carbocycles. The maximum Gasteiger partial charge on any atom is 0.321 e. The molecule has 5 rings (SSSR count). The van der Waals surface area contributed by atoms with Crippen molar-refractivity contribution in [3.63, 3.8) is 0 Å². The number of aromatic amines is 1. The summed E-state index contributed by atoms with van der Waals surface area (Å²) in [5.74, 6) is 0.0363. The number of nitrogens with zero attached hydrogens (tertiary/aromatic N) is 2. The van der Waals surface area contributed by atoms with E-state index < -0.39 is 0 Å². The molecule has 1 aliphatic carbocycles.